The molecule has 0 radical (unpaired) electrons. The number of aromatic amines is 1. The monoisotopic (exact) mass is 447 g/mol. The molecule has 5 nitrogen and oxygen atoms in total. The van der Waals surface area contributed by atoms with Crippen LogP contribution in [0.5, 0.6) is 0 Å². The number of hydrogen-bond donors (Lipinski definition) is 1. The number of hydrogen-bond acceptors (Lipinski definition) is 3. The smallest absolute Gasteiger partial charge is 0.266 e. The van der Waals surface area contributed by atoms with Gasteiger partial charge in [-0.3, -0.25) is 9.59 Å². The Hall–Kier alpha value is -3.58. The molecule has 0 aliphatic rings. The van der Waals surface area contributed by atoms with E-state index in [1.54, 1.807) is 42.3 Å². The van der Waals surface area contributed by atoms with Gasteiger partial charge in [-0.25, -0.2) is 8.96 Å². The second-order valence-corrected chi connectivity index (χ2v) is 8.17. The standard InChI is InChI=1S/C25H22FN3O2S/c1-15-8-10-17(11-9-15)16(2)28(3)23(30)18-12-13-19-21(14-18)27-25(32)29(24(19)31)22-7-5-4-6-20(22)26/h4-14,16H,1-3H3,(H,27,32). The number of carbonyl (C=O) groups is 1. The third kappa shape index (κ3) is 3.87. The number of amides is 1. The first-order valence-electron chi connectivity index (χ1n) is 10.2. The summed E-state index contributed by atoms with van der Waals surface area (Å²) in [4.78, 5) is 30.8. The molecule has 1 heterocycles. The number of carbonyl (C=O) groups excluding carboxylic acids is 1. The van der Waals surface area contributed by atoms with Crippen LogP contribution in [0.2, 0.25) is 0 Å². The molecule has 1 amide bonds. The number of fused-ring (bicyclic) bond motifs is 1. The summed E-state index contributed by atoms with van der Waals surface area (Å²) in [5.74, 6) is -0.732. The molecule has 0 fully saturated rings. The second kappa shape index (κ2) is 8.51. The lowest BCUT2D eigenvalue weighted by atomic mass is 10.0. The lowest BCUT2D eigenvalue weighted by molar-refractivity contribution is 0.0743. The molecule has 7 heteroatoms. The van der Waals surface area contributed by atoms with Gasteiger partial charge in [0.25, 0.3) is 11.5 Å². The van der Waals surface area contributed by atoms with Crippen LogP contribution in [0.25, 0.3) is 16.6 Å². The van der Waals surface area contributed by atoms with E-state index in [1.165, 1.54) is 12.1 Å². The Labute approximate surface area is 189 Å². The van der Waals surface area contributed by atoms with Gasteiger partial charge in [0.2, 0.25) is 0 Å². The summed E-state index contributed by atoms with van der Waals surface area (Å²) in [5.41, 5.74) is 2.66. The lowest BCUT2D eigenvalue weighted by Crippen LogP contribution is -2.29. The molecule has 1 atom stereocenters. The van der Waals surface area contributed by atoms with Crippen LogP contribution >= 0.6 is 12.2 Å². The third-order valence-electron chi connectivity index (χ3n) is 5.70. The molecule has 3 aromatic carbocycles. The molecule has 4 aromatic rings. The van der Waals surface area contributed by atoms with Gasteiger partial charge in [-0.05, 0) is 62.0 Å². The fourth-order valence-electron chi connectivity index (χ4n) is 3.65. The Morgan fingerprint density at radius 3 is 2.47 bits per heavy atom. The van der Waals surface area contributed by atoms with Crippen LogP contribution in [0.4, 0.5) is 4.39 Å². The number of para-hydroxylation sites is 1. The van der Waals surface area contributed by atoms with E-state index in [9.17, 15) is 14.0 Å². The Kier molecular flexibility index (Phi) is 5.76. The first-order chi connectivity index (χ1) is 15.3. The molecule has 162 valence electrons. The maximum absolute atomic E-state index is 14.3. The Morgan fingerprint density at radius 2 is 1.78 bits per heavy atom. The molecule has 0 saturated carbocycles. The molecule has 1 unspecified atom stereocenters. The Balaban J connectivity index is 1.72. The molecule has 1 N–H and O–H groups in total. The highest BCUT2D eigenvalue weighted by molar-refractivity contribution is 7.71. The van der Waals surface area contributed by atoms with Gasteiger partial charge in [-0.1, -0.05) is 42.0 Å². The predicted octanol–water partition coefficient (Wildman–Crippen LogP) is 5.33. The zero-order valence-electron chi connectivity index (χ0n) is 17.9. The number of halogens is 1. The van der Waals surface area contributed by atoms with E-state index in [1.807, 2.05) is 38.1 Å². The summed E-state index contributed by atoms with van der Waals surface area (Å²) in [6.45, 7) is 3.98. The van der Waals surface area contributed by atoms with Crippen molar-refractivity contribution >= 4 is 29.0 Å². The average Bonchev–Trinajstić information content (AvgIpc) is 2.79. The zero-order chi connectivity index (χ0) is 23.0. The molecule has 1 aromatic heterocycles. The van der Waals surface area contributed by atoms with E-state index < -0.39 is 11.4 Å². The molecule has 0 aliphatic heterocycles. The van der Waals surface area contributed by atoms with E-state index in [2.05, 4.69) is 4.98 Å². The van der Waals surface area contributed by atoms with Gasteiger partial charge in [-0.15, -0.1) is 0 Å². The average molecular weight is 448 g/mol. The van der Waals surface area contributed by atoms with Crippen molar-refractivity contribution in [1.29, 1.82) is 0 Å². The minimum atomic E-state index is -0.549. The van der Waals surface area contributed by atoms with Gasteiger partial charge in [0, 0.05) is 12.6 Å². The van der Waals surface area contributed by atoms with Crippen LogP contribution in [-0.4, -0.2) is 27.4 Å². The van der Waals surface area contributed by atoms with Crippen molar-refractivity contribution < 1.29 is 9.18 Å². The van der Waals surface area contributed by atoms with E-state index in [-0.39, 0.29) is 22.4 Å². The zero-order valence-corrected chi connectivity index (χ0v) is 18.7. The van der Waals surface area contributed by atoms with Gasteiger partial charge in [0.1, 0.15) is 5.82 Å². The first-order valence-corrected chi connectivity index (χ1v) is 10.6. The summed E-state index contributed by atoms with van der Waals surface area (Å²) in [6.07, 6.45) is 0. The summed E-state index contributed by atoms with van der Waals surface area (Å²) in [6, 6.07) is 18.6. The molecular weight excluding hydrogens is 425 g/mol. The number of rotatable bonds is 4. The summed E-state index contributed by atoms with van der Waals surface area (Å²) in [5, 5.41) is 0.313. The van der Waals surface area contributed by atoms with Gasteiger partial charge >= 0.3 is 0 Å². The van der Waals surface area contributed by atoms with Gasteiger partial charge in [0.15, 0.2) is 4.77 Å². The van der Waals surface area contributed by atoms with Crippen molar-refractivity contribution in [2.24, 2.45) is 0 Å². The largest absolute Gasteiger partial charge is 0.335 e. The maximum Gasteiger partial charge on any atom is 0.266 e. The van der Waals surface area contributed by atoms with Crippen LogP contribution < -0.4 is 5.56 Å². The quantitative estimate of drug-likeness (QED) is 0.430. The highest BCUT2D eigenvalue weighted by Crippen LogP contribution is 2.22. The van der Waals surface area contributed by atoms with Crippen LogP contribution in [0, 0.1) is 17.5 Å². The number of H-pyrrole nitrogens is 1. The molecule has 32 heavy (non-hydrogen) atoms. The number of benzene rings is 3. The minimum Gasteiger partial charge on any atom is -0.335 e. The van der Waals surface area contributed by atoms with Crippen molar-refractivity contribution in [3.05, 3.63) is 104 Å². The van der Waals surface area contributed by atoms with Crippen molar-refractivity contribution in [3.63, 3.8) is 0 Å². The predicted molar refractivity (Wildman–Crippen MR) is 126 cm³/mol. The lowest BCUT2D eigenvalue weighted by Gasteiger charge is -2.25. The van der Waals surface area contributed by atoms with Crippen molar-refractivity contribution in [3.8, 4) is 5.69 Å². The summed E-state index contributed by atoms with van der Waals surface area (Å²) < 4.78 is 15.4. The summed E-state index contributed by atoms with van der Waals surface area (Å²) >= 11 is 5.33. The molecule has 0 spiro atoms. The molecule has 0 aliphatic carbocycles. The SMILES string of the molecule is Cc1ccc(C(C)N(C)C(=O)c2ccc3c(=O)n(-c4ccccc4F)c(=S)[nH]c3c2)cc1. The number of aryl methyl sites for hydroxylation is 1. The maximum atomic E-state index is 14.3. The van der Waals surface area contributed by atoms with E-state index in [0.29, 0.717) is 16.5 Å². The van der Waals surface area contributed by atoms with Crippen LogP contribution in [0.3, 0.4) is 0 Å². The Bertz CT molecular complexity index is 1440. The highest BCUT2D eigenvalue weighted by Gasteiger charge is 2.20. The molecular formula is C25H22FN3O2S. The normalized spacial score (nSPS) is 12.0. The van der Waals surface area contributed by atoms with Crippen LogP contribution in [-0.2, 0) is 0 Å². The number of nitrogens with zero attached hydrogens (tertiary/aromatic N) is 2. The topological polar surface area (TPSA) is 58.1 Å². The first kappa shape index (κ1) is 21.6. The second-order valence-electron chi connectivity index (χ2n) is 7.79. The van der Waals surface area contributed by atoms with E-state index in [0.717, 1.165) is 15.7 Å². The van der Waals surface area contributed by atoms with Gasteiger partial charge in [-0.2, -0.15) is 0 Å². The van der Waals surface area contributed by atoms with Crippen molar-refractivity contribution in [2.75, 3.05) is 7.05 Å². The fraction of sp³-hybridized carbons (Fsp3) is 0.160. The van der Waals surface area contributed by atoms with Gasteiger partial charge < -0.3 is 9.88 Å². The third-order valence-corrected chi connectivity index (χ3v) is 5.98. The molecule has 0 bridgehead atoms. The van der Waals surface area contributed by atoms with Crippen LogP contribution in [0.15, 0.2) is 71.5 Å². The number of aromatic nitrogens is 2. The van der Waals surface area contributed by atoms with Crippen molar-refractivity contribution in [1.82, 2.24) is 14.5 Å². The van der Waals surface area contributed by atoms with Crippen molar-refractivity contribution in [2.45, 2.75) is 19.9 Å². The fourth-order valence-corrected chi connectivity index (χ4v) is 3.94. The highest BCUT2D eigenvalue weighted by atomic mass is 32.1. The van der Waals surface area contributed by atoms with E-state index >= 15 is 0 Å². The molecule has 0 saturated heterocycles. The number of nitrogens with one attached hydrogen (secondary N) is 1. The van der Waals surface area contributed by atoms with Gasteiger partial charge in [0.05, 0.1) is 22.6 Å². The Morgan fingerprint density at radius 1 is 1.09 bits per heavy atom. The molecule has 4 rings (SSSR count). The summed E-state index contributed by atoms with van der Waals surface area (Å²) in [7, 11) is 1.75. The van der Waals surface area contributed by atoms with E-state index in [4.69, 9.17) is 12.2 Å². The van der Waals surface area contributed by atoms with Crippen LogP contribution in [0.1, 0.15) is 34.5 Å². The minimum absolute atomic E-state index is 0.0542.